The quantitative estimate of drug-likeness (QED) is 0.695. The molecule has 2 nitrogen and oxygen atoms in total. The predicted octanol–water partition coefficient (Wildman–Crippen LogP) is 2.33. The van der Waals surface area contributed by atoms with E-state index < -0.39 is 0 Å². The average molecular weight is 209 g/mol. The summed E-state index contributed by atoms with van der Waals surface area (Å²) in [5, 5.41) is 0. The minimum Gasteiger partial charge on any atom is -0.302 e. The summed E-state index contributed by atoms with van der Waals surface area (Å²) in [7, 11) is 0. The van der Waals surface area contributed by atoms with Gasteiger partial charge in [0.05, 0.1) is 0 Å². The summed E-state index contributed by atoms with van der Waals surface area (Å²) in [5.41, 5.74) is 0. The van der Waals surface area contributed by atoms with E-state index in [4.69, 9.17) is 0 Å². The van der Waals surface area contributed by atoms with Crippen molar-refractivity contribution in [3.63, 3.8) is 0 Å². The number of carbonyl (C=O) groups is 1. The van der Waals surface area contributed by atoms with Crippen LogP contribution in [-0.4, -0.2) is 30.3 Å². The molecule has 15 heavy (non-hydrogen) atoms. The number of Topliss-reactive ketones (excluding diaryl/α,β-unsaturated/α-hetero) is 1. The van der Waals surface area contributed by atoms with Gasteiger partial charge in [0.15, 0.2) is 0 Å². The molecule has 1 aliphatic carbocycles. The molecule has 0 radical (unpaired) electrons. The highest BCUT2D eigenvalue weighted by atomic mass is 16.1. The molecule has 86 valence electrons. The lowest BCUT2D eigenvalue weighted by molar-refractivity contribution is -0.125. The average Bonchev–Trinajstić information content (AvgIpc) is 2.50. The summed E-state index contributed by atoms with van der Waals surface area (Å²) in [5.74, 6) is 2.50. The van der Waals surface area contributed by atoms with Crippen molar-refractivity contribution in [1.29, 1.82) is 0 Å². The van der Waals surface area contributed by atoms with Crippen molar-refractivity contribution in [2.75, 3.05) is 19.6 Å². The lowest BCUT2D eigenvalue weighted by Crippen LogP contribution is -2.33. The fraction of sp³-hybridized carbons (Fsp3) is 0.923. The molecule has 0 aromatic carbocycles. The van der Waals surface area contributed by atoms with Crippen LogP contribution in [0.15, 0.2) is 0 Å². The fourth-order valence-corrected chi connectivity index (χ4v) is 2.96. The van der Waals surface area contributed by atoms with Crippen molar-refractivity contribution in [2.45, 2.75) is 39.5 Å². The monoisotopic (exact) mass is 209 g/mol. The van der Waals surface area contributed by atoms with E-state index in [1.165, 1.54) is 19.5 Å². The molecule has 2 fully saturated rings. The topological polar surface area (TPSA) is 20.3 Å². The van der Waals surface area contributed by atoms with Gasteiger partial charge in [-0.25, -0.2) is 0 Å². The van der Waals surface area contributed by atoms with Crippen LogP contribution < -0.4 is 0 Å². The minimum atomic E-state index is 0.358. The number of ketones is 1. The van der Waals surface area contributed by atoms with Crippen LogP contribution in [0.4, 0.5) is 0 Å². The van der Waals surface area contributed by atoms with Crippen LogP contribution in [-0.2, 0) is 4.79 Å². The third-order valence-corrected chi connectivity index (χ3v) is 4.22. The molecule has 0 spiro atoms. The van der Waals surface area contributed by atoms with Gasteiger partial charge in [-0.1, -0.05) is 20.3 Å². The van der Waals surface area contributed by atoms with Gasteiger partial charge in [0.2, 0.25) is 0 Å². The van der Waals surface area contributed by atoms with Gasteiger partial charge < -0.3 is 4.90 Å². The molecule has 3 atom stereocenters. The molecule has 0 aromatic rings. The van der Waals surface area contributed by atoms with Crippen molar-refractivity contribution in [1.82, 2.24) is 4.90 Å². The third kappa shape index (κ3) is 2.60. The van der Waals surface area contributed by atoms with Gasteiger partial charge in [0, 0.05) is 32.0 Å². The first-order valence-corrected chi connectivity index (χ1v) is 6.42. The SMILES string of the molecule is CC1CN(CC2CCCCC2=O)CC1C. The van der Waals surface area contributed by atoms with E-state index >= 15 is 0 Å². The first kappa shape index (κ1) is 11.1. The summed E-state index contributed by atoms with van der Waals surface area (Å²) >= 11 is 0. The third-order valence-electron chi connectivity index (χ3n) is 4.22. The molecule has 2 rings (SSSR count). The summed E-state index contributed by atoms with van der Waals surface area (Å²) in [6, 6.07) is 0. The smallest absolute Gasteiger partial charge is 0.137 e. The van der Waals surface area contributed by atoms with Crippen LogP contribution in [0.3, 0.4) is 0 Å². The molecule has 0 bridgehead atoms. The fourth-order valence-electron chi connectivity index (χ4n) is 2.96. The maximum atomic E-state index is 11.7. The second kappa shape index (κ2) is 4.65. The van der Waals surface area contributed by atoms with Crippen LogP contribution in [0.5, 0.6) is 0 Å². The molecule has 3 unspecified atom stereocenters. The molecule has 0 aromatic heterocycles. The number of hydrogen-bond acceptors (Lipinski definition) is 2. The maximum Gasteiger partial charge on any atom is 0.137 e. The molecule has 1 saturated carbocycles. The standard InChI is InChI=1S/C13H23NO/c1-10-7-14(8-11(10)2)9-12-5-3-4-6-13(12)15/h10-12H,3-9H2,1-2H3. The number of nitrogens with zero attached hydrogens (tertiary/aromatic N) is 1. The highest BCUT2D eigenvalue weighted by molar-refractivity contribution is 5.81. The Morgan fingerprint density at radius 3 is 2.47 bits per heavy atom. The van der Waals surface area contributed by atoms with E-state index in [1.54, 1.807) is 0 Å². The lowest BCUT2D eigenvalue weighted by Gasteiger charge is -2.25. The highest BCUT2D eigenvalue weighted by Crippen LogP contribution is 2.26. The van der Waals surface area contributed by atoms with Crippen molar-refractivity contribution in [2.24, 2.45) is 17.8 Å². The van der Waals surface area contributed by atoms with Gasteiger partial charge in [-0.15, -0.1) is 0 Å². The molecule has 0 N–H and O–H groups in total. The number of carbonyl (C=O) groups excluding carboxylic acids is 1. The van der Waals surface area contributed by atoms with Crippen molar-refractivity contribution >= 4 is 5.78 Å². The minimum absolute atomic E-state index is 0.358. The molecule has 1 heterocycles. The van der Waals surface area contributed by atoms with Crippen LogP contribution in [0.2, 0.25) is 0 Å². The summed E-state index contributed by atoms with van der Waals surface area (Å²) in [6.07, 6.45) is 4.36. The Kier molecular flexibility index (Phi) is 3.45. The zero-order valence-electron chi connectivity index (χ0n) is 10.0. The van der Waals surface area contributed by atoms with Gasteiger partial charge in [0.1, 0.15) is 5.78 Å². The molecule has 2 aliphatic rings. The zero-order valence-corrected chi connectivity index (χ0v) is 10.0. The van der Waals surface area contributed by atoms with Crippen LogP contribution >= 0.6 is 0 Å². The van der Waals surface area contributed by atoms with Crippen molar-refractivity contribution in [3.05, 3.63) is 0 Å². The summed E-state index contributed by atoms with van der Waals surface area (Å²) in [4.78, 5) is 14.2. The van der Waals surface area contributed by atoms with Gasteiger partial charge in [-0.3, -0.25) is 4.79 Å². The van der Waals surface area contributed by atoms with Crippen LogP contribution in [0.25, 0.3) is 0 Å². The number of rotatable bonds is 2. The van der Waals surface area contributed by atoms with E-state index in [2.05, 4.69) is 18.7 Å². The Morgan fingerprint density at radius 1 is 1.20 bits per heavy atom. The predicted molar refractivity (Wildman–Crippen MR) is 61.7 cm³/mol. The molecule has 2 heteroatoms. The molecule has 1 aliphatic heterocycles. The van der Waals surface area contributed by atoms with Gasteiger partial charge >= 0.3 is 0 Å². The van der Waals surface area contributed by atoms with Crippen molar-refractivity contribution < 1.29 is 4.79 Å². The van der Waals surface area contributed by atoms with E-state index in [9.17, 15) is 4.79 Å². The summed E-state index contributed by atoms with van der Waals surface area (Å²) < 4.78 is 0. The number of likely N-dealkylation sites (tertiary alicyclic amines) is 1. The Labute approximate surface area is 93.0 Å². The molecule has 0 amide bonds. The van der Waals surface area contributed by atoms with E-state index in [-0.39, 0.29) is 0 Å². The van der Waals surface area contributed by atoms with Crippen molar-refractivity contribution in [3.8, 4) is 0 Å². The van der Waals surface area contributed by atoms with Gasteiger partial charge in [-0.05, 0) is 24.7 Å². The lowest BCUT2D eigenvalue weighted by atomic mass is 9.87. The van der Waals surface area contributed by atoms with Gasteiger partial charge in [0.25, 0.3) is 0 Å². The van der Waals surface area contributed by atoms with E-state index in [1.807, 2.05) is 0 Å². The Bertz CT molecular complexity index is 229. The maximum absolute atomic E-state index is 11.7. The van der Waals surface area contributed by atoms with Gasteiger partial charge in [-0.2, -0.15) is 0 Å². The zero-order chi connectivity index (χ0) is 10.8. The second-order valence-electron chi connectivity index (χ2n) is 5.58. The van der Waals surface area contributed by atoms with E-state index in [0.29, 0.717) is 11.7 Å². The molecular formula is C13H23NO. The second-order valence-corrected chi connectivity index (χ2v) is 5.58. The number of hydrogen-bond donors (Lipinski definition) is 0. The largest absolute Gasteiger partial charge is 0.302 e. The normalized spacial score (nSPS) is 38.5. The van der Waals surface area contributed by atoms with Crippen LogP contribution in [0, 0.1) is 17.8 Å². The van der Waals surface area contributed by atoms with E-state index in [0.717, 1.165) is 37.6 Å². The highest BCUT2D eigenvalue weighted by Gasteiger charge is 2.30. The molecule has 1 saturated heterocycles. The Balaban J connectivity index is 1.84. The molecular weight excluding hydrogens is 186 g/mol. The van der Waals surface area contributed by atoms with Crippen LogP contribution in [0.1, 0.15) is 39.5 Å². The first-order chi connectivity index (χ1) is 7.16. The first-order valence-electron chi connectivity index (χ1n) is 6.42. The Hall–Kier alpha value is -0.370. The Morgan fingerprint density at radius 2 is 1.87 bits per heavy atom. The summed E-state index contributed by atoms with van der Waals surface area (Å²) in [6.45, 7) is 8.09.